The molecule has 0 saturated carbocycles. The lowest BCUT2D eigenvalue weighted by Gasteiger charge is -2.20. The van der Waals surface area contributed by atoms with E-state index in [9.17, 15) is 4.79 Å². The minimum atomic E-state index is 0.127. The Morgan fingerprint density at radius 2 is 2.18 bits per heavy atom. The van der Waals surface area contributed by atoms with Gasteiger partial charge in [0.05, 0.1) is 12.4 Å². The number of carbonyl (C=O) groups is 1. The van der Waals surface area contributed by atoms with E-state index in [-0.39, 0.29) is 5.92 Å². The van der Waals surface area contributed by atoms with E-state index in [2.05, 4.69) is 31.2 Å². The molecule has 0 aliphatic carbocycles. The molecule has 0 spiro atoms. The van der Waals surface area contributed by atoms with Crippen LogP contribution in [0.5, 0.6) is 0 Å². The van der Waals surface area contributed by atoms with Gasteiger partial charge < -0.3 is 4.74 Å². The monoisotopic (exact) mass is 250 g/mol. The van der Waals surface area contributed by atoms with Gasteiger partial charge in [0.2, 0.25) is 0 Å². The van der Waals surface area contributed by atoms with Crippen molar-refractivity contribution in [2.24, 2.45) is 5.92 Å². The standard InChI is InChI=1S/C14H18O2S/c1-11-4-6-13(7-5-11)17-10-14(15)12-3-2-8-16-9-12/h4-7,12H,2-3,8-10H2,1H3. The van der Waals surface area contributed by atoms with Gasteiger partial charge in [-0.25, -0.2) is 0 Å². The zero-order chi connectivity index (χ0) is 12.1. The van der Waals surface area contributed by atoms with E-state index in [1.54, 1.807) is 11.8 Å². The van der Waals surface area contributed by atoms with Crippen LogP contribution in [0.1, 0.15) is 18.4 Å². The molecule has 1 heterocycles. The average molecular weight is 250 g/mol. The van der Waals surface area contributed by atoms with Gasteiger partial charge in [0.25, 0.3) is 0 Å². The largest absolute Gasteiger partial charge is 0.381 e. The predicted molar refractivity (Wildman–Crippen MR) is 70.5 cm³/mol. The number of hydrogen-bond donors (Lipinski definition) is 0. The quantitative estimate of drug-likeness (QED) is 0.768. The molecular formula is C14H18O2S. The normalized spacial score (nSPS) is 20.2. The second-order valence-corrected chi connectivity index (χ2v) is 5.53. The first-order valence-corrected chi connectivity index (χ1v) is 7.04. The summed E-state index contributed by atoms with van der Waals surface area (Å²) >= 11 is 1.63. The Morgan fingerprint density at radius 1 is 1.41 bits per heavy atom. The molecule has 3 heteroatoms. The van der Waals surface area contributed by atoms with E-state index in [1.807, 2.05) is 0 Å². The first-order chi connectivity index (χ1) is 8.25. The van der Waals surface area contributed by atoms with Gasteiger partial charge in [-0.15, -0.1) is 11.8 Å². The van der Waals surface area contributed by atoms with Gasteiger partial charge in [-0.2, -0.15) is 0 Å². The van der Waals surface area contributed by atoms with Crippen LogP contribution in [0.4, 0.5) is 0 Å². The van der Waals surface area contributed by atoms with Crippen molar-refractivity contribution in [3.63, 3.8) is 0 Å². The summed E-state index contributed by atoms with van der Waals surface area (Å²) in [6.45, 7) is 3.50. The third-order valence-corrected chi connectivity index (χ3v) is 4.05. The van der Waals surface area contributed by atoms with Crippen molar-refractivity contribution >= 4 is 17.5 Å². The number of Topliss-reactive ketones (excluding diaryl/α,β-unsaturated/α-hetero) is 1. The molecule has 2 nitrogen and oxygen atoms in total. The first-order valence-electron chi connectivity index (χ1n) is 6.05. The Labute approximate surface area is 107 Å². The van der Waals surface area contributed by atoms with Gasteiger partial charge in [-0.1, -0.05) is 17.7 Å². The molecule has 1 aromatic rings. The fourth-order valence-corrected chi connectivity index (χ4v) is 2.77. The molecule has 92 valence electrons. The van der Waals surface area contributed by atoms with E-state index >= 15 is 0 Å². The van der Waals surface area contributed by atoms with Crippen molar-refractivity contribution in [1.82, 2.24) is 0 Å². The summed E-state index contributed by atoms with van der Waals surface area (Å²) in [6.07, 6.45) is 2.01. The molecule has 0 N–H and O–H groups in total. The molecule has 0 radical (unpaired) electrons. The minimum Gasteiger partial charge on any atom is -0.381 e. The highest BCUT2D eigenvalue weighted by Crippen LogP contribution is 2.22. The molecule has 0 aromatic heterocycles. The Morgan fingerprint density at radius 3 is 2.82 bits per heavy atom. The van der Waals surface area contributed by atoms with Crippen LogP contribution in [0.15, 0.2) is 29.2 Å². The van der Waals surface area contributed by atoms with E-state index in [0.29, 0.717) is 18.1 Å². The highest BCUT2D eigenvalue weighted by Gasteiger charge is 2.21. The van der Waals surface area contributed by atoms with E-state index in [1.165, 1.54) is 10.5 Å². The molecule has 1 fully saturated rings. The second-order valence-electron chi connectivity index (χ2n) is 4.48. The maximum atomic E-state index is 11.9. The number of ether oxygens (including phenoxy) is 1. The maximum absolute atomic E-state index is 11.9. The summed E-state index contributed by atoms with van der Waals surface area (Å²) in [7, 11) is 0. The smallest absolute Gasteiger partial charge is 0.148 e. The lowest BCUT2D eigenvalue weighted by Crippen LogP contribution is -2.26. The molecule has 0 bridgehead atoms. The maximum Gasteiger partial charge on any atom is 0.148 e. The SMILES string of the molecule is Cc1ccc(SCC(=O)C2CCCOC2)cc1. The molecule has 1 saturated heterocycles. The number of thioether (sulfide) groups is 1. The van der Waals surface area contributed by atoms with Crippen LogP contribution in [0.3, 0.4) is 0 Å². The number of rotatable bonds is 4. The van der Waals surface area contributed by atoms with Gasteiger partial charge in [0.15, 0.2) is 0 Å². The Hall–Kier alpha value is -0.800. The molecule has 1 atom stereocenters. The highest BCUT2D eigenvalue weighted by molar-refractivity contribution is 8.00. The van der Waals surface area contributed by atoms with Gasteiger partial charge in [-0.3, -0.25) is 4.79 Å². The van der Waals surface area contributed by atoms with Gasteiger partial charge in [0, 0.05) is 17.4 Å². The fraction of sp³-hybridized carbons (Fsp3) is 0.500. The summed E-state index contributed by atoms with van der Waals surface area (Å²) in [6, 6.07) is 8.31. The van der Waals surface area contributed by atoms with E-state index in [0.717, 1.165) is 19.4 Å². The van der Waals surface area contributed by atoms with Gasteiger partial charge >= 0.3 is 0 Å². The molecule has 1 aliphatic heterocycles. The first kappa shape index (κ1) is 12.7. The van der Waals surface area contributed by atoms with Crippen LogP contribution in [0, 0.1) is 12.8 Å². The lowest BCUT2D eigenvalue weighted by atomic mass is 9.99. The van der Waals surface area contributed by atoms with Crippen molar-refractivity contribution in [3.05, 3.63) is 29.8 Å². The fourth-order valence-electron chi connectivity index (χ4n) is 1.90. The van der Waals surface area contributed by atoms with Gasteiger partial charge in [-0.05, 0) is 31.9 Å². The molecule has 0 amide bonds. The zero-order valence-corrected chi connectivity index (χ0v) is 11.0. The van der Waals surface area contributed by atoms with Gasteiger partial charge in [0.1, 0.15) is 5.78 Å². The van der Waals surface area contributed by atoms with Crippen LogP contribution in [-0.4, -0.2) is 24.7 Å². The number of aryl methyl sites for hydroxylation is 1. The van der Waals surface area contributed by atoms with E-state index in [4.69, 9.17) is 4.74 Å². The summed E-state index contributed by atoms with van der Waals surface area (Å²) in [4.78, 5) is 13.1. The average Bonchev–Trinajstić information content (AvgIpc) is 2.39. The predicted octanol–water partition coefficient (Wildman–Crippen LogP) is 3.08. The lowest BCUT2D eigenvalue weighted by molar-refractivity contribution is -0.124. The van der Waals surface area contributed by atoms with Crippen molar-refractivity contribution in [1.29, 1.82) is 0 Å². The minimum absolute atomic E-state index is 0.127. The number of ketones is 1. The van der Waals surface area contributed by atoms with Crippen LogP contribution in [-0.2, 0) is 9.53 Å². The highest BCUT2D eigenvalue weighted by atomic mass is 32.2. The summed E-state index contributed by atoms with van der Waals surface area (Å²) < 4.78 is 5.34. The summed E-state index contributed by atoms with van der Waals surface area (Å²) in [5.74, 6) is 1.02. The van der Waals surface area contributed by atoms with Crippen molar-refractivity contribution < 1.29 is 9.53 Å². The molecular weight excluding hydrogens is 232 g/mol. The zero-order valence-electron chi connectivity index (χ0n) is 10.1. The van der Waals surface area contributed by atoms with Crippen LogP contribution >= 0.6 is 11.8 Å². The number of hydrogen-bond acceptors (Lipinski definition) is 3. The molecule has 17 heavy (non-hydrogen) atoms. The third-order valence-electron chi connectivity index (χ3n) is 3.02. The summed E-state index contributed by atoms with van der Waals surface area (Å²) in [5.41, 5.74) is 1.25. The molecule has 2 rings (SSSR count). The van der Waals surface area contributed by atoms with Crippen molar-refractivity contribution in [2.75, 3.05) is 19.0 Å². The molecule has 1 unspecified atom stereocenters. The van der Waals surface area contributed by atoms with E-state index < -0.39 is 0 Å². The molecule has 1 aliphatic rings. The number of benzene rings is 1. The number of carbonyl (C=O) groups excluding carboxylic acids is 1. The van der Waals surface area contributed by atoms with Crippen molar-refractivity contribution in [3.8, 4) is 0 Å². The topological polar surface area (TPSA) is 26.3 Å². The second kappa shape index (κ2) is 6.22. The van der Waals surface area contributed by atoms with Crippen molar-refractivity contribution in [2.45, 2.75) is 24.7 Å². The Bertz CT molecular complexity index is 366. The Balaban J connectivity index is 1.81. The summed E-state index contributed by atoms with van der Waals surface area (Å²) in [5, 5.41) is 0. The van der Waals surface area contributed by atoms with Crippen LogP contribution in [0.2, 0.25) is 0 Å². The van der Waals surface area contributed by atoms with Crippen LogP contribution < -0.4 is 0 Å². The third kappa shape index (κ3) is 3.86. The molecule has 1 aromatic carbocycles. The van der Waals surface area contributed by atoms with Crippen LogP contribution in [0.25, 0.3) is 0 Å². The Kier molecular flexibility index (Phi) is 4.63.